The van der Waals surface area contributed by atoms with Crippen LogP contribution in [0, 0.1) is 0 Å². The maximum atomic E-state index is 12.4. The Morgan fingerprint density at radius 2 is 1.28 bits per heavy atom. The van der Waals surface area contributed by atoms with Gasteiger partial charge >= 0.3 is 0 Å². The minimum atomic E-state index is -0.161. The average molecular weight is 386 g/mol. The van der Waals surface area contributed by atoms with E-state index in [2.05, 4.69) is 31.4 Å². The number of para-hydroxylation sites is 1. The molecule has 3 aromatic carbocycles. The van der Waals surface area contributed by atoms with E-state index in [0.717, 1.165) is 11.3 Å². The topological polar surface area (TPSA) is 58.2 Å². The number of amides is 2. The number of hydrogen-bond acceptors (Lipinski definition) is 2. The highest BCUT2D eigenvalue weighted by molar-refractivity contribution is 6.04. The van der Waals surface area contributed by atoms with Gasteiger partial charge in [-0.3, -0.25) is 9.59 Å². The van der Waals surface area contributed by atoms with Crippen molar-refractivity contribution < 1.29 is 9.59 Å². The molecule has 0 aliphatic carbocycles. The molecular weight excluding hydrogens is 360 g/mol. The number of anilines is 1. The molecule has 4 nitrogen and oxygen atoms in total. The molecule has 0 fully saturated rings. The zero-order chi connectivity index (χ0) is 20.9. The molecule has 3 rings (SSSR count). The summed E-state index contributed by atoms with van der Waals surface area (Å²) in [5.41, 5.74) is 4.15. The molecule has 0 saturated carbocycles. The first kappa shape index (κ1) is 20.3. The summed E-state index contributed by atoms with van der Waals surface area (Å²) in [5.74, 6) is -0.276. The predicted octanol–water partition coefficient (Wildman–Crippen LogP) is 5.17. The molecule has 2 amide bonds. The molecule has 0 radical (unpaired) electrons. The van der Waals surface area contributed by atoms with Crippen molar-refractivity contribution in [2.75, 3.05) is 5.32 Å². The van der Waals surface area contributed by atoms with Gasteiger partial charge in [-0.25, -0.2) is 0 Å². The van der Waals surface area contributed by atoms with Crippen LogP contribution in [0.3, 0.4) is 0 Å². The van der Waals surface area contributed by atoms with Gasteiger partial charge in [0.05, 0.1) is 0 Å². The van der Waals surface area contributed by atoms with Crippen molar-refractivity contribution in [3.8, 4) is 0 Å². The Morgan fingerprint density at radius 1 is 0.724 bits per heavy atom. The van der Waals surface area contributed by atoms with E-state index in [4.69, 9.17) is 0 Å². The Morgan fingerprint density at radius 3 is 1.86 bits per heavy atom. The third-order valence-electron chi connectivity index (χ3n) is 4.71. The van der Waals surface area contributed by atoms with Crippen LogP contribution in [0.1, 0.15) is 52.6 Å². The molecule has 0 spiro atoms. The number of nitrogens with one attached hydrogen (secondary N) is 2. The zero-order valence-corrected chi connectivity index (χ0v) is 17.0. The summed E-state index contributed by atoms with van der Waals surface area (Å²) in [4.78, 5) is 24.7. The lowest BCUT2D eigenvalue weighted by atomic mass is 9.87. The van der Waals surface area contributed by atoms with E-state index in [1.165, 1.54) is 5.56 Å². The second kappa shape index (κ2) is 8.74. The molecule has 0 unspecified atom stereocenters. The molecule has 0 atom stereocenters. The van der Waals surface area contributed by atoms with E-state index in [1.54, 1.807) is 12.1 Å². The van der Waals surface area contributed by atoms with Crippen LogP contribution in [0.5, 0.6) is 0 Å². The van der Waals surface area contributed by atoms with Gasteiger partial charge in [-0.2, -0.15) is 0 Å². The van der Waals surface area contributed by atoms with Crippen LogP contribution in [-0.2, 0) is 12.0 Å². The van der Waals surface area contributed by atoms with Crippen molar-refractivity contribution in [1.29, 1.82) is 0 Å². The van der Waals surface area contributed by atoms with Gasteiger partial charge in [0.1, 0.15) is 0 Å². The smallest absolute Gasteiger partial charge is 0.255 e. The molecule has 0 aromatic heterocycles. The third-order valence-corrected chi connectivity index (χ3v) is 4.71. The fourth-order valence-corrected chi connectivity index (χ4v) is 2.90. The average Bonchev–Trinajstić information content (AvgIpc) is 2.72. The second-order valence-corrected chi connectivity index (χ2v) is 8.03. The molecule has 148 valence electrons. The lowest BCUT2D eigenvalue weighted by Crippen LogP contribution is -2.23. The molecule has 2 N–H and O–H groups in total. The molecule has 0 saturated heterocycles. The van der Waals surface area contributed by atoms with Crippen LogP contribution in [0.4, 0.5) is 5.69 Å². The maximum absolute atomic E-state index is 12.4. The summed E-state index contributed by atoms with van der Waals surface area (Å²) >= 11 is 0. The fraction of sp³-hybridized carbons (Fsp3) is 0.200. The normalized spacial score (nSPS) is 11.0. The van der Waals surface area contributed by atoms with Crippen LogP contribution in [0.2, 0.25) is 0 Å². The summed E-state index contributed by atoms with van der Waals surface area (Å²) in [7, 11) is 0. The first-order valence-corrected chi connectivity index (χ1v) is 9.67. The van der Waals surface area contributed by atoms with Crippen LogP contribution >= 0.6 is 0 Å². The molecular formula is C25H26N2O2. The van der Waals surface area contributed by atoms with Crippen molar-refractivity contribution in [3.05, 3.63) is 101 Å². The SMILES string of the molecule is CC(C)(C)c1ccc(C(=O)NCc2ccc(C(=O)Nc3ccccc3)cc2)cc1. The molecule has 0 bridgehead atoms. The zero-order valence-electron chi connectivity index (χ0n) is 17.0. The van der Waals surface area contributed by atoms with E-state index in [-0.39, 0.29) is 17.2 Å². The van der Waals surface area contributed by atoms with Crippen molar-refractivity contribution in [3.63, 3.8) is 0 Å². The van der Waals surface area contributed by atoms with Gasteiger partial charge in [0.15, 0.2) is 0 Å². The van der Waals surface area contributed by atoms with Gasteiger partial charge in [0, 0.05) is 23.4 Å². The van der Waals surface area contributed by atoms with Crippen molar-refractivity contribution in [2.24, 2.45) is 0 Å². The third kappa shape index (κ3) is 5.55. The molecule has 0 aliphatic rings. The Hall–Kier alpha value is -3.40. The van der Waals surface area contributed by atoms with Gasteiger partial charge in [-0.15, -0.1) is 0 Å². The fourth-order valence-electron chi connectivity index (χ4n) is 2.90. The van der Waals surface area contributed by atoms with Crippen molar-refractivity contribution in [1.82, 2.24) is 5.32 Å². The van der Waals surface area contributed by atoms with E-state index in [0.29, 0.717) is 17.7 Å². The number of carbonyl (C=O) groups is 2. The van der Waals surface area contributed by atoms with Gasteiger partial charge in [-0.05, 0) is 52.9 Å². The number of benzene rings is 3. The van der Waals surface area contributed by atoms with Gasteiger partial charge in [0.2, 0.25) is 0 Å². The highest BCUT2D eigenvalue weighted by atomic mass is 16.2. The van der Waals surface area contributed by atoms with Crippen LogP contribution < -0.4 is 10.6 Å². The first-order valence-electron chi connectivity index (χ1n) is 9.67. The van der Waals surface area contributed by atoms with E-state index in [1.807, 2.05) is 66.7 Å². The number of carbonyl (C=O) groups excluding carboxylic acids is 2. The van der Waals surface area contributed by atoms with Gasteiger partial charge in [0.25, 0.3) is 11.8 Å². The molecule has 29 heavy (non-hydrogen) atoms. The monoisotopic (exact) mass is 386 g/mol. The molecule has 4 heteroatoms. The van der Waals surface area contributed by atoms with E-state index < -0.39 is 0 Å². The summed E-state index contributed by atoms with van der Waals surface area (Å²) in [6.45, 7) is 6.84. The highest BCUT2D eigenvalue weighted by Crippen LogP contribution is 2.22. The van der Waals surface area contributed by atoms with Crippen LogP contribution in [0.15, 0.2) is 78.9 Å². The quantitative estimate of drug-likeness (QED) is 0.636. The Bertz CT molecular complexity index is 970. The van der Waals surface area contributed by atoms with Crippen molar-refractivity contribution in [2.45, 2.75) is 32.7 Å². The highest BCUT2D eigenvalue weighted by Gasteiger charge is 2.14. The second-order valence-electron chi connectivity index (χ2n) is 8.03. The predicted molar refractivity (Wildman–Crippen MR) is 117 cm³/mol. The molecule has 3 aromatic rings. The Balaban J connectivity index is 1.56. The van der Waals surface area contributed by atoms with Crippen molar-refractivity contribution >= 4 is 17.5 Å². The first-order chi connectivity index (χ1) is 13.8. The van der Waals surface area contributed by atoms with Crippen LogP contribution in [-0.4, -0.2) is 11.8 Å². The summed E-state index contributed by atoms with van der Waals surface area (Å²) in [6, 6.07) is 24.3. The summed E-state index contributed by atoms with van der Waals surface area (Å²) in [5, 5.41) is 5.78. The molecule has 0 aliphatic heterocycles. The van der Waals surface area contributed by atoms with E-state index >= 15 is 0 Å². The van der Waals surface area contributed by atoms with E-state index in [9.17, 15) is 9.59 Å². The lowest BCUT2D eigenvalue weighted by molar-refractivity contribution is 0.0949. The lowest BCUT2D eigenvalue weighted by Gasteiger charge is -2.19. The number of rotatable bonds is 5. The Kier molecular flexibility index (Phi) is 6.13. The molecule has 0 heterocycles. The van der Waals surface area contributed by atoms with Gasteiger partial charge < -0.3 is 10.6 Å². The minimum Gasteiger partial charge on any atom is -0.348 e. The number of hydrogen-bond donors (Lipinski definition) is 2. The summed E-state index contributed by atoms with van der Waals surface area (Å²) < 4.78 is 0. The Labute approximate surface area is 172 Å². The maximum Gasteiger partial charge on any atom is 0.255 e. The summed E-state index contributed by atoms with van der Waals surface area (Å²) in [6.07, 6.45) is 0. The minimum absolute atomic E-state index is 0.0591. The van der Waals surface area contributed by atoms with Gasteiger partial charge in [-0.1, -0.05) is 63.2 Å². The van der Waals surface area contributed by atoms with Crippen LogP contribution in [0.25, 0.3) is 0 Å². The largest absolute Gasteiger partial charge is 0.348 e. The standard InChI is InChI=1S/C25H26N2O2/c1-25(2,3)21-15-13-19(14-16-21)23(28)26-17-18-9-11-20(12-10-18)24(29)27-22-7-5-4-6-8-22/h4-16H,17H2,1-3H3,(H,26,28)(H,27,29).